The second kappa shape index (κ2) is 5.57. The van der Waals surface area contributed by atoms with Gasteiger partial charge in [-0.25, -0.2) is 4.79 Å². The van der Waals surface area contributed by atoms with Crippen molar-refractivity contribution in [3.05, 3.63) is 30.1 Å². The molecule has 2 atom stereocenters. The molecule has 1 fully saturated rings. The summed E-state index contributed by atoms with van der Waals surface area (Å²) in [6.45, 7) is 6.21. The molecule has 104 valence electrons. The van der Waals surface area contributed by atoms with Crippen LogP contribution >= 0.6 is 0 Å². The fourth-order valence-electron chi connectivity index (χ4n) is 1.80. The largest absolute Gasteiger partial charge is 0.444 e. The topological polar surface area (TPSA) is 63.8 Å². The van der Waals surface area contributed by atoms with E-state index in [0.717, 1.165) is 5.56 Å². The van der Waals surface area contributed by atoms with Gasteiger partial charge in [0.2, 0.25) is 0 Å². The van der Waals surface area contributed by atoms with E-state index in [2.05, 4.69) is 10.3 Å². The number of ether oxygens (including phenoxy) is 2. The quantitative estimate of drug-likeness (QED) is 0.844. The zero-order chi connectivity index (χ0) is 13.9. The Morgan fingerprint density at radius 1 is 1.63 bits per heavy atom. The standard InChI is InChI=1S/C14H20N2O3/c1-14(2,3)19-13(17)16-11(12-9-18-12)7-10-5-4-6-15-8-10/h4-6,8,11-12H,7,9H2,1-3H3,(H,16,17). The van der Waals surface area contributed by atoms with Gasteiger partial charge < -0.3 is 14.8 Å². The molecule has 5 nitrogen and oxygen atoms in total. The first-order valence-electron chi connectivity index (χ1n) is 6.44. The monoisotopic (exact) mass is 264 g/mol. The maximum absolute atomic E-state index is 11.8. The molecule has 2 unspecified atom stereocenters. The highest BCUT2D eigenvalue weighted by Crippen LogP contribution is 2.18. The summed E-state index contributed by atoms with van der Waals surface area (Å²) in [5, 5.41) is 2.87. The third-order valence-corrected chi connectivity index (χ3v) is 2.69. The van der Waals surface area contributed by atoms with Crippen molar-refractivity contribution in [2.45, 2.75) is 44.9 Å². The average molecular weight is 264 g/mol. The van der Waals surface area contributed by atoms with Gasteiger partial charge in [0.1, 0.15) is 11.7 Å². The minimum Gasteiger partial charge on any atom is -0.444 e. The minimum absolute atomic E-state index is 0.0703. The Bertz CT molecular complexity index is 424. The normalized spacial score (nSPS) is 19.6. The van der Waals surface area contributed by atoms with Gasteiger partial charge in [0.05, 0.1) is 12.6 Å². The first-order chi connectivity index (χ1) is 8.94. The van der Waals surface area contributed by atoms with Crippen LogP contribution in [0.3, 0.4) is 0 Å². The number of rotatable bonds is 4. The first kappa shape index (κ1) is 13.8. The molecule has 2 heterocycles. The highest BCUT2D eigenvalue weighted by molar-refractivity contribution is 5.68. The van der Waals surface area contributed by atoms with E-state index in [0.29, 0.717) is 13.0 Å². The molecule has 1 amide bonds. The number of carbonyl (C=O) groups is 1. The van der Waals surface area contributed by atoms with E-state index in [-0.39, 0.29) is 12.1 Å². The molecule has 19 heavy (non-hydrogen) atoms. The van der Waals surface area contributed by atoms with Gasteiger partial charge in [-0.1, -0.05) is 6.07 Å². The predicted molar refractivity (Wildman–Crippen MR) is 70.8 cm³/mol. The Balaban J connectivity index is 1.92. The average Bonchev–Trinajstić information content (AvgIpc) is 3.10. The van der Waals surface area contributed by atoms with Gasteiger partial charge in [0, 0.05) is 12.4 Å². The van der Waals surface area contributed by atoms with Crippen LogP contribution in [0.5, 0.6) is 0 Å². The molecule has 1 aromatic heterocycles. The number of aromatic nitrogens is 1. The number of epoxide rings is 1. The van der Waals surface area contributed by atoms with Gasteiger partial charge in [0.25, 0.3) is 0 Å². The molecule has 0 aliphatic carbocycles. The fourth-order valence-corrected chi connectivity index (χ4v) is 1.80. The molecule has 0 aromatic carbocycles. The van der Waals surface area contributed by atoms with Crippen LogP contribution in [0.4, 0.5) is 4.79 Å². The number of carbonyl (C=O) groups excluding carboxylic acids is 1. The smallest absolute Gasteiger partial charge is 0.407 e. The van der Waals surface area contributed by atoms with Crippen molar-refractivity contribution in [1.29, 1.82) is 0 Å². The molecule has 0 saturated carbocycles. The Morgan fingerprint density at radius 3 is 2.89 bits per heavy atom. The molecule has 5 heteroatoms. The van der Waals surface area contributed by atoms with Crippen molar-refractivity contribution in [2.75, 3.05) is 6.61 Å². The SMILES string of the molecule is CC(C)(C)OC(=O)NC(Cc1cccnc1)C1CO1. The van der Waals surface area contributed by atoms with Crippen molar-refractivity contribution in [2.24, 2.45) is 0 Å². The van der Waals surface area contributed by atoms with Gasteiger partial charge >= 0.3 is 6.09 Å². The van der Waals surface area contributed by atoms with Gasteiger partial charge in [-0.2, -0.15) is 0 Å². The Morgan fingerprint density at radius 2 is 2.37 bits per heavy atom. The van der Waals surface area contributed by atoms with E-state index < -0.39 is 11.7 Å². The lowest BCUT2D eigenvalue weighted by atomic mass is 10.1. The summed E-state index contributed by atoms with van der Waals surface area (Å²) in [6.07, 6.45) is 3.89. The molecule has 0 spiro atoms. The molecule has 2 rings (SSSR count). The van der Waals surface area contributed by atoms with E-state index in [4.69, 9.17) is 9.47 Å². The Hall–Kier alpha value is -1.62. The van der Waals surface area contributed by atoms with Gasteiger partial charge in [0.15, 0.2) is 0 Å². The number of hydrogen-bond acceptors (Lipinski definition) is 4. The highest BCUT2D eigenvalue weighted by Gasteiger charge is 2.34. The Labute approximate surface area is 113 Å². The van der Waals surface area contributed by atoms with E-state index in [9.17, 15) is 4.79 Å². The van der Waals surface area contributed by atoms with Crippen molar-refractivity contribution >= 4 is 6.09 Å². The molecular formula is C14H20N2O3. The van der Waals surface area contributed by atoms with Crippen LogP contribution in [0, 0.1) is 0 Å². The summed E-state index contributed by atoms with van der Waals surface area (Å²) in [7, 11) is 0. The molecule has 1 aliphatic rings. The van der Waals surface area contributed by atoms with Crippen LogP contribution < -0.4 is 5.32 Å². The third kappa shape index (κ3) is 4.87. The van der Waals surface area contributed by atoms with Crippen LogP contribution in [-0.2, 0) is 15.9 Å². The summed E-state index contributed by atoms with van der Waals surface area (Å²) in [6, 6.07) is 3.80. The summed E-state index contributed by atoms with van der Waals surface area (Å²) >= 11 is 0. The number of hydrogen-bond donors (Lipinski definition) is 1. The van der Waals surface area contributed by atoms with E-state index in [1.807, 2.05) is 32.9 Å². The lowest BCUT2D eigenvalue weighted by Crippen LogP contribution is -2.43. The molecule has 1 aromatic rings. The molecule has 1 aliphatic heterocycles. The van der Waals surface area contributed by atoms with Crippen LogP contribution in [0.2, 0.25) is 0 Å². The number of nitrogens with zero attached hydrogens (tertiary/aromatic N) is 1. The summed E-state index contributed by atoms with van der Waals surface area (Å²) < 4.78 is 10.5. The predicted octanol–water partition coefficient (Wildman–Crippen LogP) is 1.92. The number of nitrogens with one attached hydrogen (secondary N) is 1. The minimum atomic E-state index is -0.493. The third-order valence-electron chi connectivity index (χ3n) is 2.69. The summed E-state index contributed by atoms with van der Waals surface area (Å²) in [5.74, 6) is 0. The second-order valence-corrected chi connectivity index (χ2v) is 5.69. The maximum atomic E-state index is 11.8. The van der Waals surface area contributed by atoms with E-state index in [1.165, 1.54) is 0 Å². The first-order valence-corrected chi connectivity index (χ1v) is 6.44. The van der Waals surface area contributed by atoms with Crippen molar-refractivity contribution in [1.82, 2.24) is 10.3 Å². The van der Waals surface area contributed by atoms with Gasteiger partial charge in [-0.15, -0.1) is 0 Å². The zero-order valence-electron chi connectivity index (χ0n) is 11.6. The van der Waals surface area contributed by atoms with Crippen LogP contribution in [-0.4, -0.2) is 35.4 Å². The fraction of sp³-hybridized carbons (Fsp3) is 0.571. The maximum Gasteiger partial charge on any atom is 0.407 e. The Kier molecular flexibility index (Phi) is 4.04. The number of pyridine rings is 1. The second-order valence-electron chi connectivity index (χ2n) is 5.69. The highest BCUT2D eigenvalue weighted by atomic mass is 16.6. The molecule has 0 radical (unpaired) electrons. The van der Waals surface area contributed by atoms with Crippen LogP contribution in [0.1, 0.15) is 26.3 Å². The summed E-state index contributed by atoms with van der Waals surface area (Å²) in [5.41, 5.74) is 0.576. The lowest BCUT2D eigenvalue weighted by Gasteiger charge is -2.23. The molecule has 1 N–H and O–H groups in total. The van der Waals surface area contributed by atoms with E-state index >= 15 is 0 Å². The van der Waals surface area contributed by atoms with E-state index in [1.54, 1.807) is 12.4 Å². The van der Waals surface area contributed by atoms with Crippen LogP contribution in [0.15, 0.2) is 24.5 Å². The lowest BCUT2D eigenvalue weighted by molar-refractivity contribution is 0.0495. The molecule has 0 bridgehead atoms. The molecular weight excluding hydrogens is 244 g/mol. The number of alkyl carbamates (subject to hydrolysis) is 1. The van der Waals surface area contributed by atoms with Crippen molar-refractivity contribution < 1.29 is 14.3 Å². The van der Waals surface area contributed by atoms with Gasteiger partial charge in [-0.3, -0.25) is 4.98 Å². The molecule has 1 saturated heterocycles. The summed E-state index contributed by atoms with van der Waals surface area (Å²) in [4.78, 5) is 15.9. The van der Waals surface area contributed by atoms with Crippen molar-refractivity contribution in [3.8, 4) is 0 Å². The van der Waals surface area contributed by atoms with Gasteiger partial charge in [-0.05, 0) is 38.8 Å². The van der Waals surface area contributed by atoms with Crippen molar-refractivity contribution in [3.63, 3.8) is 0 Å². The zero-order valence-corrected chi connectivity index (χ0v) is 11.6. The van der Waals surface area contributed by atoms with Crippen LogP contribution in [0.25, 0.3) is 0 Å². The number of amides is 1.